The largest absolute Gasteiger partial charge is 0.320 e. The fraction of sp³-hybridized carbons (Fsp3) is 1.00. The number of rotatable bonds is 7. The molecule has 0 amide bonds. The molecular weight excluding hydrogens is 172 g/mol. The lowest BCUT2D eigenvalue weighted by atomic mass is 10.2. The second-order valence-electron chi connectivity index (χ2n) is 2.62. The molecule has 0 saturated carbocycles. The lowest BCUT2D eigenvalue weighted by molar-refractivity contribution is 0.600. The molecule has 0 fully saturated rings. The molecule has 0 radical (unpaired) electrons. The second kappa shape index (κ2) is 29.3. The van der Waals surface area contributed by atoms with Crippen LogP contribution in [0, 0.1) is 0 Å². The molecule has 2 N–H and O–H groups in total. The minimum absolute atomic E-state index is 1.17. The van der Waals surface area contributed by atoms with Crippen LogP contribution in [0.25, 0.3) is 0 Å². The van der Waals surface area contributed by atoms with Crippen molar-refractivity contribution in [2.24, 2.45) is 0 Å². The smallest absolute Gasteiger partial charge is 0.00519 e. The Bertz CT molecular complexity index is 48.3. The van der Waals surface area contributed by atoms with Gasteiger partial charge in [-0.1, -0.05) is 40.5 Å². The molecular formula is C12H32N2. The maximum Gasteiger partial charge on any atom is -0.00519 e. The Balaban J connectivity index is -0.000000266. The fourth-order valence-corrected chi connectivity index (χ4v) is 0.957. The lowest BCUT2D eigenvalue weighted by Crippen LogP contribution is -2.09. The van der Waals surface area contributed by atoms with Crippen molar-refractivity contribution in [2.45, 2.75) is 53.4 Å². The van der Waals surface area contributed by atoms with Crippen LogP contribution in [0.3, 0.4) is 0 Å². The first-order valence-corrected chi connectivity index (χ1v) is 6.21. The van der Waals surface area contributed by atoms with Gasteiger partial charge in [-0.2, -0.15) is 0 Å². The summed E-state index contributed by atoms with van der Waals surface area (Å²) in [5.41, 5.74) is 0. The summed E-state index contributed by atoms with van der Waals surface area (Å²) in [6.45, 7) is 10.3. The van der Waals surface area contributed by atoms with Crippen LogP contribution in [0.1, 0.15) is 53.4 Å². The summed E-state index contributed by atoms with van der Waals surface area (Å²) in [5.74, 6) is 0. The monoisotopic (exact) mass is 204 g/mol. The first-order valence-electron chi connectivity index (χ1n) is 6.21. The molecule has 0 aromatic carbocycles. The molecule has 0 aliphatic heterocycles. The topological polar surface area (TPSA) is 24.1 Å². The van der Waals surface area contributed by atoms with Crippen molar-refractivity contribution >= 4 is 0 Å². The summed E-state index contributed by atoms with van der Waals surface area (Å²) in [4.78, 5) is 0. The third-order valence-electron chi connectivity index (χ3n) is 1.60. The molecule has 0 unspecified atom stereocenters. The van der Waals surface area contributed by atoms with E-state index in [1.54, 1.807) is 0 Å². The number of unbranched alkanes of at least 4 members (excludes halogenated alkanes) is 3. The molecule has 0 rings (SSSR count). The lowest BCUT2D eigenvalue weighted by Gasteiger charge is -1.99. The molecule has 2 heteroatoms. The van der Waals surface area contributed by atoms with E-state index in [0.29, 0.717) is 0 Å². The van der Waals surface area contributed by atoms with Crippen molar-refractivity contribution in [1.82, 2.24) is 10.6 Å². The highest BCUT2D eigenvalue weighted by atomic mass is 14.8. The molecule has 0 aliphatic rings. The maximum atomic E-state index is 3.14. The molecule has 90 valence electrons. The Hall–Kier alpha value is -0.0800. The molecule has 0 aliphatic carbocycles. The quantitative estimate of drug-likeness (QED) is 0.623. The minimum atomic E-state index is 1.17. The van der Waals surface area contributed by atoms with Gasteiger partial charge in [0.2, 0.25) is 0 Å². The third-order valence-corrected chi connectivity index (χ3v) is 1.60. The SMILES string of the molecule is CC.CC.CNCCCCCCNC. The van der Waals surface area contributed by atoms with Crippen LogP contribution in [-0.2, 0) is 0 Å². The molecule has 0 atom stereocenters. The van der Waals surface area contributed by atoms with Crippen LogP contribution in [0.4, 0.5) is 0 Å². The minimum Gasteiger partial charge on any atom is -0.320 e. The van der Waals surface area contributed by atoms with Crippen molar-refractivity contribution in [2.75, 3.05) is 27.2 Å². The van der Waals surface area contributed by atoms with Crippen LogP contribution in [0.2, 0.25) is 0 Å². The molecule has 2 nitrogen and oxygen atoms in total. The predicted octanol–water partition coefficient (Wildman–Crippen LogP) is 3.04. The van der Waals surface area contributed by atoms with Crippen LogP contribution >= 0.6 is 0 Å². The zero-order chi connectivity index (χ0) is 11.7. The van der Waals surface area contributed by atoms with E-state index < -0.39 is 0 Å². The predicted molar refractivity (Wildman–Crippen MR) is 69.0 cm³/mol. The number of hydrogen-bond acceptors (Lipinski definition) is 2. The van der Waals surface area contributed by atoms with E-state index in [-0.39, 0.29) is 0 Å². The Labute approximate surface area is 91.9 Å². The maximum absolute atomic E-state index is 3.14. The van der Waals surface area contributed by atoms with Crippen LogP contribution in [-0.4, -0.2) is 27.2 Å². The van der Waals surface area contributed by atoms with Gasteiger partial charge in [0, 0.05) is 0 Å². The Morgan fingerprint density at radius 2 is 0.857 bits per heavy atom. The fourth-order valence-electron chi connectivity index (χ4n) is 0.957. The van der Waals surface area contributed by atoms with Crippen LogP contribution < -0.4 is 10.6 Å². The van der Waals surface area contributed by atoms with Gasteiger partial charge >= 0.3 is 0 Å². The van der Waals surface area contributed by atoms with E-state index in [2.05, 4.69) is 10.6 Å². The van der Waals surface area contributed by atoms with Gasteiger partial charge in [0.15, 0.2) is 0 Å². The van der Waals surface area contributed by atoms with Crippen molar-refractivity contribution < 1.29 is 0 Å². The zero-order valence-corrected chi connectivity index (χ0v) is 11.2. The van der Waals surface area contributed by atoms with Gasteiger partial charge in [0.25, 0.3) is 0 Å². The third kappa shape index (κ3) is 29.7. The molecule has 0 bridgehead atoms. The van der Waals surface area contributed by atoms with Gasteiger partial charge in [0.05, 0.1) is 0 Å². The Morgan fingerprint density at radius 1 is 0.571 bits per heavy atom. The summed E-state index contributed by atoms with van der Waals surface area (Å²) in [5, 5.41) is 6.29. The summed E-state index contributed by atoms with van der Waals surface area (Å²) in [6.07, 6.45) is 5.37. The molecule has 14 heavy (non-hydrogen) atoms. The van der Waals surface area contributed by atoms with E-state index in [4.69, 9.17) is 0 Å². The van der Waals surface area contributed by atoms with Crippen molar-refractivity contribution in [1.29, 1.82) is 0 Å². The Kier molecular flexibility index (Phi) is 40.7. The van der Waals surface area contributed by atoms with Gasteiger partial charge in [-0.05, 0) is 40.0 Å². The average Bonchev–Trinajstić information content (AvgIpc) is 2.29. The zero-order valence-electron chi connectivity index (χ0n) is 11.2. The van der Waals surface area contributed by atoms with E-state index >= 15 is 0 Å². The van der Waals surface area contributed by atoms with E-state index in [1.165, 1.54) is 38.8 Å². The average molecular weight is 204 g/mol. The van der Waals surface area contributed by atoms with E-state index in [0.717, 1.165) is 0 Å². The van der Waals surface area contributed by atoms with Crippen LogP contribution in [0.5, 0.6) is 0 Å². The molecule has 0 saturated heterocycles. The van der Waals surface area contributed by atoms with Crippen molar-refractivity contribution in [3.63, 3.8) is 0 Å². The van der Waals surface area contributed by atoms with E-state index in [9.17, 15) is 0 Å². The molecule has 0 heterocycles. The molecule has 0 spiro atoms. The summed E-state index contributed by atoms with van der Waals surface area (Å²) >= 11 is 0. The standard InChI is InChI=1S/C8H20N2.2C2H6/c1-9-7-5-3-4-6-8-10-2;2*1-2/h9-10H,3-8H2,1-2H3;2*1-2H3. The van der Waals surface area contributed by atoms with E-state index in [1.807, 2.05) is 41.8 Å². The first kappa shape index (κ1) is 19.5. The number of hydrogen-bond donors (Lipinski definition) is 2. The van der Waals surface area contributed by atoms with Crippen molar-refractivity contribution in [3.8, 4) is 0 Å². The van der Waals surface area contributed by atoms with Gasteiger partial charge in [-0.25, -0.2) is 0 Å². The van der Waals surface area contributed by atoms with Gasteiger partial charge in [-0.3, -0.25) is 0 Å². The van der Waals surface area contributed by atoms with Gasteiger partial charge in [0.1, 0.15) is 0 Å². The molecule has 0 aromatic rings. The summed E-state index contributed by atoms with van der Waals surface area (Å²) < 4.78 is 0. The second-order valence-corrected chi connectivity index (χ2v) is 2.62. The Morgan fingerprint density at radius 3 is 1.07 bits per heavy atom. The summed E-state index contributed by atoms with van der Waals surface area (Å²) in [6, 6.07) is 0. The van der Waals surface area contributed by atoms with Crippen molar-refractivity contribution in [3.05, 3.63) is 0 Å². The first-order chi connectivity index (χ1) is 6.91. The van der Waals surface area contributed by atoms with Crippen LogP contribution in [0.15, 0.2) is 0 Å². The highest BCUT2D eigenvalue weighted by Crippen LogP contribution is 1.96. The normalized spacial score (nSPS) is 8.14. The van der Waals surface area contributed by atoms with Gasteiger partial charge < -0.3 is 10.6 Å². The number of nitrogens with one attached hydrogen (secondary N) is 2. The summed E-state index contributed by atoms with van der Waals surface area (Å²) in [7, 11) is 4.02. The highest BCUT2D eigenvalue weighted by molar-refractivity contribution is 4.46. The molecule has 0 aromatic heterocycles. The van der Waals surface area contributed by atoms with Gasteiger partial charge in [-0.15, -0.1) is 0 Å². The highest BCUT2D eigenvalue weighted by Gasteiger charge is 1.86.